The van der Waals surface area contributed by atoms with Gasteiger partial charge in [-0.05, 0) is 121 Å². The van der Waals surface area contributed by atoms with Crippen LogP contribution in [-0.4, -0.2) is 129 Å². The minimum Gasteiger partial charge on any atom is -0.414 e. The van der Waals surface area contributed by atoms with E-state index in [1.54, 1.807) is 22.9 Å². The van der Waals surface area contributed by atoms with E-state index in [2.05, 4.69) is 213 Å². The lowest BCUT2D eigenvalue weighted by Gasteiger charge is -2.44. The number of aromatic amines is 1. The number of nitrogens with two attached hydrogens (primary N) is 2. The molecule has 5 heterocycles. The summed E-state index contributed by atoms with van der Waals surface area (Å²) in [6.45, 7) is 66.9. The fourth-order valence-electron chi connectivity index (χ4n) is 8.09. The first-order chi connectivity index (χ1) is 36.1. The van der Waals surface area contributed by atoms with Crippen molar-refractivity contribution >= 4 is 85.0 Å². The normalized spacial score (nSPS) is 23.9. The van der Waals surface area contributed by atoms with Crippen molar-refractivity contribution in [3.05, 3.63) is 38.4 Å². The van der Waals surface area contributed by atoms with Gasteiger partial charge >= 0.3 is 5.69 Å². The molecule has 0 aliphatic carbocycles. The number of imidazole rings is 1. The summed E-state index contributed by atoms with van der Waals surface area (Å²) in [5.41, 5.74) is 12.6. The first-order valence-electron chi connectivity index (χ1n) is 29.2. The van der Waals surface area contributed by atoms with Gasteiger partial charge in [-0.15, -0.1) is 0 Å². The van der Waals surface area contributed by atoms with Crippen LogP contribution in [0.2, 0.25) is 109 Å². The van der Waals surface area contributed by atoms with Crippen molar-refractivity contribution in [2.75, 3.05) is 24.7 Å². The van der Waals surface area contributed by atoms with Crippen LogP contribution in [-0.2, 0) is 36.0 Å². The smallest absolute Gasteiger partial charge is 0.351 e. The summed E-state index contributed by atoms with van der Waals surface area (Å²) in [7, 11) is -14.9. The van der Waals surface area contributed by atoms with Crippen molar-refractivity contribution in [1.82, 2.24) is 29.1 Å². The predicted octanol–water partition coefficient (Wildman–Crippen LogP) is 13.4. The summed E-state index contributed by atoms with van der Waals surface area (Å²) < 4.78 is 61.6. The number of rotatable bonds is 18. The Hall–Kier alpha value is -2.45. The van der Waals surface area contributed by atoms with E-state index in [-0.39, 0.29) is 66.4 Å². The molecule has 81 heavy (non-hydrogen) atoms. The molecule has 5 rings (SSSR count). The first kappa shape index (κ1) is 69.3. The minimum atomic E-state index is -2.64. The van der Waals surface area contributed by atoms with Gasteiger partial charge in [0.25, 0.3) is 5.56 Å². The van der Waals surface area contributed by atoms with Gasteiger partial charge < -0.3 is 47.5 Å². The fourth-order valence-corrected chi connectivity index (χ4v) is 15.3. The molecule has 2 fully saturated rings. The van der Waals surface area contributed by atoms with Crippen LogP contribution in [0, 0.1) is 0 Å². The number of H-pyrrole nitrogens is 1. The maximum atomic E-state index is 14.5. The molecule has 3 aromatic rings. The molecule has 0 saturated carbocycles. The molecule has 462 valence electrons. The van der Waals surface area contributed by atoms with Gasteiger partial charge in [0, 0.05) is 11.8 Å². The number of anilines is 2. The highest BCUT2D eigenvalue weighted by Crippen LogP contribution is 2.50. The van der Waals surface area contributed by atoms with Gasteiger partial charge in [0.15, 0.2) is 73.5 Å². The molecule has 2 aliphatic heterocycles. The van der Waals surface area contributed by atoms with E-state index in [0.717, 1.165) is 0 Å². The molecule has 0 radical (unpaired) electrons. The molecular weight excluding hydrogens is 1130 g/mol. The largest absolute Gasteiger partial charge is 0.414 e. The Morgan fingerprint density at radius 3 is 1.26 bits per heavy atom. The second kappa shape index (κ2) is 23.0. The van der Waals surface area contributed by atoms with E-state index < -0.39 is 110 Å². The molecule has 2 saturated heterocycles. The maximum absolute atomic E-state index is 14.5. The van der Waals surface area contributed by atoms with Crippen LogP contribution in [0.15, 0.2) is 15.8 Å². The maximum Gasteiger partial charge on any atom is 0.351 e. The lowest BCUT2D eigenvalue weighted by Crippen LogP contribution is -2.54. The summed E-state index contributed by atoms with van der Waals surface area (Å²) in [4.78, 5) is 45.3. The second-order valence-electron chi connectivity index (χ2n) is 32.2. The molecule has 24 heteroatoms. The summed E-state index contributed by atoms with van der Waals surface area (Å²) in [6.07, 6.45) is -0.625. The van der Waals surface area contributed by atoms with Crippen LogP contribution >= 0.6 is 0 Å². The SMILES string of the molecule is CC(C)(C)[Si](C)(C)OC[C@H]1O[C@@H](n2cc(/C=C/c3nc4c(=O)[nH]c(N)nc4n3[C@@H]3O[C@H](CO[Si](C)(C)C(C)(C)C)[C@@H](O[Si](C)(C)C(C)(C)C)[C@H]3O[Si](C)(C)C(C)(C)C)c(N)nc2=O)[C@H](O[Si](C)(C)C(C)(C)C)[C@@H]1O[Si](C)(C)C(C)(C)C. The molecule has 5 N–H and O–H groups in total. The second-order valence-corrected chi connectivity index (χ2v) is 60.9. The number of aromatic nitrogens is 6. The average molecular weight is 1240 g/mol. The molecule has 3 aromatic heterocycles. The van der Waals surface area contributed by atoms with Crippen molar-refractivity contribution in [3.63, 3.8) is 0 Å². The summed E-state index contributed by atoms with van der Waals surface area (Å²) in [5, 5.41) is -0.894. The quantitative estimate of drug-likeness (QED) is 0.101. The van der Waals surface area contributed by atoms with Crippen LogP contribution in [0.1, 0.15) is 148 Å². The number of nitrogens with zero attached hydrogens (tertiary/aromatic N) is 5. The van der Waals surface area contributed by atoms with Gasteiger partial charge in [-0.2, -0.15) is 9.97 Å². The van der Waals surface area contributed by atoms with Crippen molar-refractivity contribution in [1.29, 1.82) is 0 Å². The lowest BCUT2D eigenvalue weighted by molar-refractivity contribution is -0.0509. The topological polar surface area (TPSA) is 224 Å². The number of fused-ring (bicyclic) bond motifs is 1. The Labute approximate surface area is 493 Å². The van der Waals surface area contributed by atoms with Gasteiger partial charge in [-0.25, -0.2) is 9.78 Å². The van der Waals surface area contributed by atoms with E-state index in [1.807, 2.05) is 0 Å². The Bertz CT molecular complexity index is 2860. The zero-order valence-electron chi connectivity index (χ0n) is 55.7. The number of hydrogen-bond donors (Lipinski definition) is 3. The molecule has 18 nitrogen and oxygen atoms in total. The third-order valence-corrected chi connectivity index (χ3v) is 46.8. The van der Waals surface area contributed by atoms with Crippen LogP contribution < -0.4 is 22.7 Å². The Morgan fingerprint density at radius 2 is 0.877 bits per heavy atom. The first-order valence-corrected chi connectivity index (χ1v) is 46.7. The van der Waals surface area contributed by atoms with E-state index in [0.29, 0.717) is 11.4 Å². The Kier molecular flexibility index (Phi) is 19.7. The summed E-state index contributed by atoms with van der Waals surface area (Å²) >= 11 is 0. The Balaban J connectivity index is 1.78. The minimum absolute atomic E-state index is 0.0240. The number of hydrogen-bond acceptors (Lipinski definition) is 15. The molecule has 0 amide bonds. The van der Waals surface area contributed by atoms with Gasteiger partial charge in [-0.1, -0.05) is 125 Å². The molecule has 0 spiro atoms. The Morgan fingerprint density at radius 1 is 0.519 bits per heavy atom. The van der Waals surface area contributed by atoms with Crippen molar-refractivity contribution < 1.29 is 36.0 Å². The van der Waals surface area contributed by atoms with E-state index >= 15 is 0 Å². The van der Waals surface area contributed by atoms with Crippen LogP contribution in [0.4, 0.5) is 11.8 Å². The predicted molar refractivity (Wildman–Crippen MR) is 347 cm³/mol. The molecule has 2 aliphatic rings. The van der Waals surface area contributed by atoms with Gasteiger partial charge in [-0.3, -0.25) is 18.9 Å². The van der Waals surface area contributed by atoms with Gasteiger partial charge in [0.1, 0.15) is 48.3 Å². The van der Waals surface area contributed by atoms with Crippen LogP contribution in [0.3, 0.4) is 0 Å². The molecular formula is C57H110N8O10Si6. The van der Waals surface area contributed by atoms with E-state index in [1.165, 1.54) is 4.57 Å². The van der Waals surface area contributed by atoms with E-state index in [9.17, 15) is 9.59 Å². The third kappa shape index (κ3) is 14.9. The molecule has 0 unspecified atom stereocenters. The highest BCUT2D eigenvalue weighted by atomic mass is 28.4. The number of ether oxygens (including phenoxy) is 2. The molecule has 0 bridgehead atoms. The number of nitrogens with one attached hydrogen (secondary N) is 1. The zero-order valence-corrected chi connectivity index (χ0v) is 61.7. The van der Waals surface area contributed by atoms with Crippen molar-refractivity contribution in [2.45, 2.75) is 283 Å². The average Bonchev–Trinajstić information content (AvgIpc) is 3.89. The zero-order chi connectivity index (χ0) is 62.4. The van der Waals surface area contributed by atoms with E-state index in [4.69, 9.17) is 57.5 Å². The standard InChI is InChI=1S/C57H110N8O10Si6/c1-52(2,3)76(19,20)68-34-37-41(72-78(23,24)54(7,8)9)43(74-80(27,28)56(13,14)15)48(70-37)64-33-36(45(58)61-51(64)67)31-32-39-60-40-46(62-50(59)63-47(40)66)65(39)49-44(75-81(29,30)57(16,17)18)42(73-79(25,26)55(10,11)12)38(71-49)35-69-77(21,22)53(4,5)6/h31-33,37-38,41-44,48-49H,34-35H2,1-30H3,(H2,58,61,67)(H3,59,62,63,66)/b32-31+/t37-,38-,41-,42-,43-,44-,48-,49-/m1/s1. The van der Waals surface area contributed by atoms with Crippen LogP contribution in [0.25, 0.3) is 23.3 Å². The van der Waals surface area contributed by atoms with Gasteiger partial charge in [0.05, 0.1) is 13.2 Å². The highest BCUT2D eigenvalue weighted by molar-refractivity contribution is 6.76. The van der Waals surface area contributed by atoms with Crippen molar-refractivity contribution in [2.24, 2.45) is 0 Å². The van der Waals surface area contributed by atoms with Crippen molar-refractivity contribution in [3.8, 4) is 0 Å². The lowest BCUT2D eigenvalue weighted by atomic mass is 10.1. The number of nitrogen functional groups attached to an aromatic ring is 2. The monoisotopic (exact) mass is 1230 g/mol. The van der Waals surface area contributed by atoms with Crippen LogP contribution in [0.5, 0.6) is 0 Å². The summed E-state index contributed by atoms with van der Waals surface area (Å²) in [6, 6.07) is 0. The molecule has 0 aromatic carbocycles. The molecule has 8 atom stereocenters. The van der Waals surface area contributed by atoms with Gasteiger partial charge in [0.2, 0.25) is 5.95 Å². The fraction of sp³-hybridized carbons (Fsp3) is 0.807. The highest BCUT2D eigenvalue weighted by Gasteiger charge is 2.58. The summed E-state index contributed by atoms with van der Waals surface area (Å²) in [5.74, 6) is 0.175. The third-order valence-electron chi connectivity index (χ3n) is 19.9.